The summed E-state index contributed by atoms with van der Waals surface area (Å²) in [7, 11) is 0. The van der Waals surface area contributed by atoms with Crippen molar-refractivity contribution in [2.45, 2.75) is 33.6 Å². The Morgan fingerprint density at radius 2 is 1.83 bits per heavy atom. The molecule has 0 saturated heterocycles. The highest BCUT2D eigenvalue weighted by atomic mass is 32.1. The van der Waals surface area contributed by atoms with Crippen LogP contribution in [0.2, 0.25) is 0 Å². The van der Waals surface area contributed by atoms with Crippen LogP contribution >= 0.6 is 11.3 Å². The van der Waals surface area contributed by atoms with E-state index in [-0.39, 0.29) is 11.7 Å². The Balaban J connectivity index is 1.93. The predicted octanol–water partition coefficient (Wildman–Crippen LogP) is 5.32. The van der Waals surface area contributed by atoms with Gasteiger partial charge in [0.2, 0.25) is 10.7 Å². The van der Waals surface area contributed by atoms with Crippen LogP contribution in [-0.4, -0.2) is 20.4 Å². The molecular weight excluding hydrogens is 394 g/mol. The van der Waals surface area contributed by atoms with Crippen molar-refractivity contribution < 1.29 is 14.3 Å². The van der Waals surface area contributed by atoms with Crippen LogP contribution in [0.25, 0.3) is 31.8 Å². The summed E-state index contributed by atoms with van der Waals surface area (Å²) in [5.41, 5.74) is 3.96. The highest BCUT2D eigenvalue weighted by molar-refractivity contribution is 7.24. The molecule has 5 aromatic rings. The van der Waals surface area contributed by atoms with E-state index in [1.807, 2.05) is 37.3 Å². The first-order valence-electron chi connectivity index (χ1n) is 9.97. The van der Waals surface area contributed by atoms with Gasteiger partial charge in [0.25, 0.3) is 5.65 Å². The lowest BCUT2D eigenvalue weighted by molar-refractivity contribution is -0.489. The number of thiazole rings is 1. The molecule has 30 heavy (non-hydrogen) atoms. The number of benzene rings is 2. The van der Waals surface area contributed by atoms with Crippen molar-refractivity contribution in [1.29, 1.82) is 0 Å². The molecule has 0 atom stereocenters. The van der Waals surface area contributed by atoms with Crippen LogP contribution in [-0.2, 0) is 0 Å². The van der Waals surface area contributed by atoms with Crippen LogP contribution in [0.1, 0.15) is 48.4 Å². The molecule has 0 aliphatic carbocycles. The van der Waals surface area contributed by atoms with Crippen molar-refractivity contribution in [3.8, 4) is 11.6 Å². The standard InChI is InChI=1S/C24H21N3O2S/c1-13(2)16-9-11-17(12-10-16)27-22-21(20(14(3)28)23(27)29)24-26(15(4)25-22)18-7-5-6-8-19(18)30-24/h5-13H,1-4H3/p+1. The number of hydrogen-bond donors (Lipinski definition) is 1. The van der Waals surface area contributed by atoms with E-state index in [0.29, 0.717) is 22.5 Å². The van der Waals surface area contributed by atoms with Gasteiger partial charge >= 0.3 is 5.82 Å². The molecule has 5 rings (SSSR count). The Bertz CT molecular complexity index is 1460. The third-order valence-corrected chi connectivity index (χ3v) is 6.76. The Morgan fingerprint density at radius 1 is 1.13 bits per heavy atom. The van der Waals surface area contributed by atoms with Crippen LogP contribution in [0.15, 0.2) is 48.5 Å². The molecule has 3 heterocycles. The maximum absolute atomic E-state index is 12.6. The number of nitrogens with zero attached hydrogens (tertiary/aromatic N) is 3. The van der Waals surface area contributed by atoms with Gasteiger partial charge in [-0.2, -0.15) is 4.40 Å². The minimum atomic E-state index is -0.181. The van der Waals surface area contributed by atoms with Gasteiger partial charge < -0.3 is 5.11 Å². The minimum Gasteiger partial charge on any atom is -0.494 e. The lowest BCUT2D eigenvalue weighted by Crippen LogP contribution is -2.25. The summed E-state index contributed by atoms with van der Waals surface area (Å²) >= 11 is 1.61. The molecule has 0 saturated carbocycles. The SMILES string of the molecule is CC(=O)c1c(O)n(-c2ccc(C(C)C)cc2)c2nc(C)[n+]3c4ccccc4sc3c12. The quantitative estimate of drug-likeness (QED) is 0.320. The number of Topliss-reactive ketones (excluding diaryl/α,β-unsaturated/α-hetero) is 1. The van der Waals surface area contributed by atoms with Crippen LogP contribution in [0, 0.1) is 6.92 Å². The molecule has 0 aliphatic rings. The number of aromatic nitrogens is 3. The molecule has 1 N–H and O–H groups in total. The van der Waals surface area contributed by atoms with Crippen LogP contribution in [0.4, 0.5) is 0 Å². The van der Waals surface area contributed by atoms with Crippen molar-refractivity contribution in [1.82, 2.24) is 9.55 Å². The van der Waals surface area contributed by atoms with E-state index in [1.165, 1.54) is 12.5 Å². The fourth-order valence-electron chi connectivity index (χ4n) is 4.12. The Labute approximate surface area is 177 Å². The summed E-state index contributed by atoms with van der Waals surface area (Å²) in [5.74, 6) is 0.978. The lowest BCUT2D eigenvalue weighted by Gasteiger charge is -2.08. The zero-order valence-corrected chi connectivity index (χ0v) is 18.1. The second-order valence-electron chi connectivity index (χ2n) is 7.90. The first kappa shape index (κ1) is 18.8. The molecule has 0 radical (unpaired) electrons. The van der Waals surface area contributed by atoms with Gasteiger partial charge in [-0.1, -0.05) is 49.4 Å². The van der Waals surface area contributed by atoms with E-state index in [2.05, 4.69) is 36.4 Å². The van der Waals surface area contributed by atoms with E-state index in [1.54, 1.807) is 15.9 Å². The van der Waals surface area contributed by atoms with Gasteiger partial charge in [0.05, 0.1) is 16.0 Å². The van der Waals surface area contributed by atoms with Gasteiger partial charge in [0.15, 0.2) is 11.3 Å². The molecule has 150 valence electrons. The Kier molecular flexibility index (Phi) is 4.15. The lowest BCUT2D eigenvalue weighted by atomic mass is 10.0. The third-order valence-electron chi connectivity index (χ3n) is 5.61. The van der Waals surface area contributed by atoms with Gasteiger partial charge in [-0.25, -0.2) is 4.57 Å². The van der Waals surface area contributed by atoms with Crippen LogP contribution in [0.5, 0.6) is 5.88 Å². The smallest absolute Gasteiger partial charge is 0.304 e. The van der Waals surface area contributed by atoms with Gasteiger partial charge in [0.1, 0.15) is 5.39 Å². The maximum Gasteiger partial charge on any atom is 0.304 e. The molecule has 0 unspecified atom stereocenters. The number of fused-ring (bicyclic) bond motifs is 5. The van der Waals surface area contributed by atoms with E-state index < -0.39 is 0 Å². The van der Waals surface area contributed by atoms with Gasteiger partial charge in [0, 0.05) is 6.92 Å². The van der Waals surface area contributed by atoms with Crippen LogP contribution < -0.4 is 4.40 Å². The van der Waals surface area contributed by atoms with Crippen molar-refractivity contribution in [2.75, 3.05) is 0 Å². The van der Waals surface area contributed by atoms with Gasteiger partial charge in [-0.3, -0.25) is 4.79 Å². The van der Waals surface area contributed by atoms with Crippen LogP contribution in [0.3, 0.4) is 0 Å². The van der Waals surface area contributed by atoms with E-state index >= 15 is 0 Å². The van der Waals surface area contributed by atoms with Gasteiger partial charge in [-0.05, 0) is 47.7 Å². The molecule has 0 spiro atoms. The third kappa shape index (κ3) is 2.57. The van der Waals surface area contributed by atoms with Crippen molar-refractivity contribution in [3.05, 3.63) is 65.5 Å². The van der Waals surface area contributed by atoms with Crippen molar-refractivity contribution >= 4 is 43.2 Å². The molecule has 0 bridgehead atoms. The zero-order valence-electron chi connectivity index (χ0n) is 17.3. The summed E-state index contributed by atoms with van der Waals surface area (Å²) in [6.45, 7) is 7.73. The summed E-state index contributed by atoms with van der Waals surface area (Å²) in [6.07, 6.45) is 0. The number of aromatic hydroxyl groups is 1. The molecular formula is C24H22N3O2S+. The maximum atomic E-state index is 12.6. The molecule has 6 heteroatoms. The zero-order chi connectivity index (χ0) is 21.2. The van der Waals surface area contributed by atoms with Crippen molar-refractivity contribution in [3.63, 3.8) is 0 Å². The number of carbonyl (C=O) groups excluding carboxylic acids is 1. The first-order chi connectivity index (χ1) is 14.4. The van der Waals surface area contributed by atoms with E-state index in [0.717, 1.165) is 26.6 Å². The highest BCUT2D eigenvalue weighted by Gasteiger charge is 2.31. The monoisotopic (exact) mass is 416 g/mol. The Morgan fingerprint density at radius 3 is 2.50 bits per heavy atom. The van der Waals surface area contributed by atoms with E-state index in [4.69, 9.17) is 4.98 Å². The number of para-hydroxylation sites is 1. The number of rotatable bonds is 3. The molecule has 3 aromatic heterocycles. The molecule has 0 aliphatic heterocycles. The average molecular weight is 417 g/mol. The first-order valence-corrected chi connectivity index (χ1v) is 10.8. The van der Waals surface area contributed by atoms with Gasteiger partial charge in [-0.15, -0.1) is 0 Å². The number of aryl methyl sites for hydroxylation is 1. The highest BCUT2D eigenvalue weighted by Crippen LogP contribution is 2.38. The Hall–Kier alpha value is -3.25. The summed E-state index contributed by atoms with van der Waals surface area (Å²) in [6, 6.07) is 16.2. The predicted molar refractivity (Wildman–Crippen MR) is 120 cm³/mol. The average Bonchev–Trinajstić information content (AvgIpc) is 3.23. The topological polar surface area (TPSA) is 59.2 Å². The second kappa shape index (κ2) is 6.64. The molecule has 0 amide bonds. The molecule has 0 fully saturated rings. The fraction of sp³-hybridized carbons (Fsp3) is 0.208. The normalized spacial score (nSPS) is 11.9. The number of hydrogen-bond acceptors (Lipinski definition) is 4. The largest absolute Gasteiger partial charge is 0.494 e. The summed E-state index contributed by atoms with van der Waals surface area (Å²) < 4.78 is 4.87. The van der Waals surface area contributed by atoms with Crippen molar-refractivity contribution in [2.24, 2.45) is 0 Å². The van der Waals surface area contributed by atoms with E-state index in [9.17, 15) is 9.90 Å². The minimum absolute atomic E-state index is 0.0627. The number of ketones is 1. The fourth-order valence-corrected chi connectivity index (χ4v) is 5.35. The molecule has 5 nitrogen and oxygen atoms in total. The summed E-state index contributed by atoms with van der Waals surface area (Å²) in [5, 5.41) is 11.8. The second-order valence-corrected chi connectivity index (χ2v) is 8.94. The molecule has 2 aromatic carbocycles. The number of carbonyl (C=O) groups is 1. The summed E-state index contributed by atoms with van der Waals surface area (Å²) in [4.78, 5) is 18.4.